The zero-order valence-corrected chi connectivity index (χ0v) is 12.9. The number of hydrogen-bond donors (Lipinski definition) is 1. The van der Waals surface area contributed by atoms with Crippen LogP contribution in [0, 0.1) is 29.1 Å². The van der Waals surface area contributed by atoms with Gasteiger partial charge in [-0.05, 0) is 42.2 Å². The maximum absolute atomic E-state index is 14.0. The SMILES string of the molecule is C=C1C(C)=C(c2c(F)c(F)c(F)c(F)c2F)C=C(C)/C1=N/SN. The Morgan fingerprint density at radius 3 is 1.91 bits per heavy atom. The minimum Gasteiger partial charge on any atom is -0.258 e. The normalized spacial score (nSPS) is 17.1. The Morgan fingerprint density at radius 1 is 0.957 bits per heavy atom. The molecule has 2 nitrogen and oxygen atoms in total. The molecule has 0 fully saturated rings. The van der Waals surface area contributed by atoms with Crippen LogP contribution in [0.2, 0.25) is 0 Å². The molecular formula is C15H11F5N2S. The molecule has 0 spiro atoms. The van der Waals surface area contributed by atoms with Crippen molar-refractivity contribution in [1.29, 1.82) is 0 Å². The molecule has 1 aliphatic rings. The number of nitrogens with two attached hydrogens (primary N) is 1. The highest BCUT2D eigenvalue weighted by Gasteiger charge is 2.30. The first kappa shape index (κ1) is 17.4. The van der Waals surface area contributed by atoms with Crippen molar-refractivity contribution < 1.29 is 22.0 Å². The molecule has 0 amide bonds. The van der Waals surface area contributed by atoms with Gasteiger partial charge in [-0.3, -0.25) is 5.14 Å². The molecule has 122 valence electrons. The van der Waals surface area contributed by atoms with E-state index in [9.17, 15) is 22.0 Å². The lowest BCUT2D eigenvalue weighted by atomic mass is 9.85. The molecule has 2 rings (SSSR count). The van der Waals surface area contributed by atoms with Crippen LogP contribution in [0.5, 0.6) is 0 Å². The average Bonchev–Trinajstić information content (AvgIpc) is 2.52. The molecule has 2 N–H and O–H groups in total. The highest BCUT2D eigenvalue weighted by atomic mass is 32.2. The van der Waals surface area contributed by atoms with Gasteiger partial charge in [0.25, 0.3) is 0 Å². The molecule has 0 atom stereocenters. The number of rotatable bonds is 2. The summed E-state index contributed by atoms with van der Waals surface area (Å²) in [5, 5.41) is 5.26. The highest BCUT2D eigenvalue weighted by molar-refractivity contribution is 7.95. The van der Waals surface area contributed by atoms with E-state index in [1.54, 1.807) is 6.92 Å². The quantitative estimate of drug-likeness (QED) is 0.367. The van der Waals surface area contributed by atoms with Gasteiger partial charge in [0, 0.05) is 0 Å². The molecule has 8 heteroatoms. The van der Waals surface area contributed by atoms with Gasteiger partial charge in [0.15, 0.2) is 23.3 Å². The van der Waals surface area contributed by atoms with E-state index in [0.717, 1.165) is 0 Å². The van der Waals surface area contributed by atoms with Crippen molar-refractivity contribution in [2.24, 2.45) is 9.54 Å². The summed E-state index contributed by atoms with van der Waals surface area (Å²) in [6.45, 7) is 6.76. The van der Waals surface area contributed by atoms with Gasteiger partial charge < -0.3 is 0 Å². The fourth-order valence-corrected chi connectivity index (χ4v) is 2.61. The minimum absolute atomic E-state index is 0.138. The van der Waals surface area contributed by atoms with Gasteiger partial charge in [0.2, 0.25) is 5.82 Å². The monoisotopic (exact) mass is 346 g/mol. The Bertz CT molecular complexity index is 776. The second kappa shape index (κ2) is 6.29. The van der Waals surface area contributed by atoms with E-state index in [1.165, 1.54) is 13.0 Å². The van der Waals surface area contributed by atoms with Crippen LogP contribution in [-0.2, 0) is 0 Å². The summed E-state index contributed by atoms with van der Waals surface area (Å²) < 4.78 is 71.9. The van der Waals surface area contributed by atoms with Crippen LogP contribution in [0.3, 0.4) is 0 Å². The van der Waals surface area contributed by atoms with E-state index in [2.05, 4.69) is 11.0 Å². The molecule has 0 unspecified atom stereocenters. The standard InChI is InChI=1S/C15H11F5N2S/c1-5-4-8(6(2)7(3)15(5)22-23-21)9-10(16)12(18)14(20)13(19)11(9)17/h4H,3,21H2,1-2H3/b22-15-. The number of hydrogen-bond acceptors (Lipinski definition) is 3. The molecule has 0 aliphatic heterocycles. The maximum atomic E-state index is 14.0. The predicted molar refractivity (Wildman–Crippen MR) is 80.9 cm³/mol. The Labute approximate surface area is 133 Å². The second-order valence-electron chi connectivity index (χ2n) is 4.83. The summed E-state index contributed by atoms with van der Waals surface area (Å²) in [5.41, 5.74) is 0.244. The Morgan fingerprint density at radius 2 is 1.43 bits per heavy atom. The molecule has 0 bridgehead atoms. The summed E-state index contributed by atoms with van der Waals surface area (Å²) in [4.78, 5) is 0. The van der Waals surface area contributed by atoms with Crippen molar-refractivity contribution in [3.05, 3.63) is 64.0 Å². The molecule has 0 radical (unpaired) electrons. The molecule has 0 saturated carbocycles. The highest BCUT2D eigenvalue weighted by Crippen LogP contribution is 2.37. The van der Waals surface area contributed by atoms with Crippen LogP contribution < -0.4 is 5.14 Å². The van der Waals surface area contributed by atoms with E-state index in [4.69, 9.17) is 5.14 Å². The second-order valence-corrected chi connectivity index (χ2v) is 5.23. The molecule has 1 aromatic rings. The van der Waals surface area contributed by atoms with Crippen LogP contribution in [-0.4, -0.2) is 5.71 Å². The maximum Gasteiger partial charge on any atom is 0.200 e. The van der Waals surface area contributed by atoms with Gasteiger partial charge >= 0.3 is 0 Å². The summed E-state index contributed by atoms with van der Waals surface area (Å²) in [6.07, 6.45) is 1.29. The van der Waals surface area contributed by atoms with Crippen molar-refractivity contribution in [3.8, 4) is 0 Å². The number of nitrogens with zero attached hydrogens (tertiary/aromatic N) is 1. The molecule has 0 saturated heterocycles. The lowest BCUT2D eigenvalue weighted by Crippen LogP contribution is -2.14. The van der Waals surface area contributed by atoms with Crippen LogP contribution in [0.15, 0.2) is 33.8 Å². The van der Waals surface area contributed by atoms with E-state index in [-0.39, 0.29) is 11.1 Å². The van der Waals surface area contributed by atoms with Crippen LogP contribution >= 0.6 is 12.1 Å². The number of halogens is 5. The summed E-state index contributed by atoms with van der Waals surface area (Å²) in [7, 11) is 0. The number of allylic oxidation sites excluding steroid dienone is 5. The third-order valence-corrected chi connectivity index (χ3v) is 3.79. The fourth-order valence-electron chi connectivity index (χ4n) is 2.25. The Hall–Kier alpha value is -1.93. The lowest BCUT2D eigenvalue weighted by molar-refractivity contribution is 0.376. The molecule has 0 heterocycles. The topological polar surface area (TPSA) is 38.4 Å². The Balaban J connectivity index is 2.79. The smallest absolute Gasteiger partial charge is 0.200 e. The predicted octanol–water partition coefficient (Wildman–Crippen LogP) is 4.63. The molecule has 0 aromatic heterocycles. The van der Waals surface area contributed by atoms with Crippen LogP contribution in [0.25, 0.3) is 5.57 Å². The average molecular weight is 346 g/mol. The van der Waals surface area contributed by atoms with Gasteiger partial charge in [-0.25, -0.2) is 22.0 Å². The van der Waals surface area contributed by atoms with Gasteiger partial charge in [0.05, 0.1) is 23.4 Å². The zero-order valence-electron chi connectivity index (χ0n) is 12.1. The summed E-state index contributed by atoms with van der Waals surface area (Å²) >= 11 is 0.674. The molecular weight excluding hydrogens is 335 g/mol. The fraction of sp³-hybridized carbons (Fsp3) is 0.133. The first-order chi connectivity index (χ1) is 10.7. The van der Waals surface area contributed by atoms with Crippen molar-refractivity contribution in [1.82, 2.24) is 0 Å². The minimum atomic E-state index is -2.20. The molecule has 1 aromatic carbocycles. The first-order valence-corrected chi connectivity index (χ1v) is 7.10. The van der Waals surface area contributed by atoms with Gasteiger partial charge in [-0.15, -0.1) is 0 Å². The number of benzene rings is 1. The van der Waals surface area contributed by atoms with E-state index in [0.29, 0.717) is 29.0 Å². The zero-order chi connectivity index (χ0) is 17.5. The van der Waals surface area contributed by atoms with Crippen molar-refractivity contribution in [2.75, 3.05) is 0 Å². The third kappa shape index (κ3) is 2.72. The molecule has 23 heavy (non-hydrogen) atoms. The summed E-state index contributed by atoms with van der Waals surface area (Å²) in [5.74, 6) is -9.96. The first-order valence-electron chi connectivity index (χ1n) is 6.27. The van der Waals surface area contributed by atoms with E-state index >= 15 is 0 Å². The van der Waals surface area contributed by atoms with Gasteiger partial charge in [0.1, 0.15) is 0 Å². The largest absolute Gasteiger partial charge is 0.258 e. The van der Waals surface area contributed by atoms with Crippen molar-refractivity contribution in [2.45, 2.75) is 13.8 Å². The Kier molecular flexibility index (Phi) is 4.76. The van der Waals surface area contributed by atoms with Gasteiger partial charge in [-0.1, -0.05) is 6.58 Å². The van der Waals surface area contributed by atoms with Crippen LogP contribution in [0.1, 0.15) is 19.4 Å². The third-order valence-electron chi connectivity index (χ3n) is 3.50. The molecule has 1 aliphatic carbocycles. The van der Waals surface area contributed by atoms with E-state index < -0.39 is 34.6 Å². The lowest BCUT2D eigenvalue weighted by Gasteiger charge is -2.21. The van der Waals surface area contributed by atoms with Crippen LogP contribution in [0.4, 0.5) is 22.0 Å². The van der Waals surface area contributed by atoms with Crippen molar-refractivity contribution in [3.63, 3.8) is 0 Å². The van der Waals surface area contributed by atoms with Crippen molar-refractivity contribution >= 4 is 23.4 Å². The van der Waals surface area contributed by atoms with E-state index in [1.807, 2.05) is 0 Å². The van der Waals surface area contributed by atoms with Gasteiger partial charge in [-0.2, -0.15) is 4.40 Å². The summed E-state index contributed by atoms with van der Waals surface area (Å²) in [6, 6.07) is 0.